The Morgan fingerprint density at radius 3 is 2.08 bits per heavy atom. The van der Waals surface area contributed by atoms with E-state index >= 15 is 0 Å². The zero-order valence-electron chi connectivity index (χ0n) is 6.75. The number of hydrogen-bond acceptors (Lipinski definition) is 4. The first-order valence-electron chi connectivity index (χ1n) is 3.84. The lowest BCUT2D eigenvalue weighted by Gasteiger charge is -2.02. The van der Waals surface area contributed by atoms with Gasteiger partial charge >= 0.3 is 0 Å². The maximum Gasteiger partial charge on any atom is 0.0808 e. The minimum atomic E-state index is -1.08. The van der Waals surface area contributed by atoms with Gasteiger partial charge in [0.25, 0.3) is 0 Å². The lowest BCUT2D eigenvalue weighted by molar-refractivity contribution is -0.654. The summed E-state index contributed by atoms with van der Waals surface area (Å²) in [5.74, 6) is -2.14. The fraction of sp³-hybridized carbons (Fsp3) is 0.714. The Kier molecular flexibility index (Phi) is 6.00. The van der Waals surface area contributed by atoms with Gasteiger partial charge in [-0.25, -0.2) is 0 Å². The summed E-state index contributed by atoms with van der Waals surface area (Å²) in [5, 5.41) is 21.6. The highest BCUT2D eigenvalue weighted by Gasteiger charge is 1.92. The van der Waals surface area contributed by atoms with Gasteiger partial charge in [-0.2, -0.15) is 0 Å². The maximum absolute atomic E-state index is 9.91. The van der Waals surface area contributed by atoms with Crippen LogP contribution in [0, 0.1) is 0 Å². The highest BCUT2D eigenvalue weighted by molar-refractivity contribution is 5.64. The molecule has 0 spiro atoms. The molecule has 0 radical (unpaired) electrons. The number of carbonyl (C=O) groups excluding carboxylic acids is 2. The SMILES string of the molecule is O=C([O-])CCC[NH2+]CCC(=O)[O-]. The molecule has 5 nitrogen and oxygen atoms in total. The van der Waals surface area contributed by atoms with Gasteiger partial charge in [0.1, 0.15) is 0 Å². The van der Waals surface area contributed by atoms with Crippen molar-refractivity contribution in [1.82, 2.24) is 0 Å². The molecule has 0 aromatic carbocycles. The number of aliphatic carboxylic acids is 2. The van der Waals surface area contributed by atoms with Crippen molar-refractivity contribution in [2.45, 2.75) is 19.3 Å². The van der Waals surface area contributed by atoms with E-state index in [1.807, 2.05) is 0 Å². The van der Waals surface area contributed by atoms with Crippen molar-refractivity contribution in [3.63, 3.8) is 0 Å². The maximum atomic E-state index is 9.91. The molecule has 0 aromatic rings. The molecule has 0 aliphatic rings. The van der Waals surface area contributed by atoms with Gasteiger partial charge in [0.2, 0.25) is 0 Å². The van der Waals surface area contributed by atoms with Crippen LogP contribution in [-0.2, 0) is 9.59 Å². The van der Waals surface area contributed by atoms with Crippen molar-refractivity contribution >= 4 is 11.9 Å². The lowest BCUT2D eigenvalue weighted by atomic mass is 10.3. The van der Waals surface area contributed by atoms with Crippen LogP contribution in [0.3, 0.4) is 0 Å². The fourth-order valence-corrected chi connectivity index (χ4v) is 0.755. The minimum absolute atomic E-state index is 0.00528. The van der Waals surface area contributed by atoms with Crippen LogP contribution in [0.25, 0.3) is 0 Å². The molecule has 0 amide bonds. The van der Waals surface area contributed by atoms with Crippen molar-refractivity contribution in [1.29, 1.82) is 0 Å². The number of hydrogen-bond donors (Lipinski definition) is 1. The van der Waals surface area contributed by atoms with Crippen LogP contribution in [0.1, 0.15) is 19.3 Å². The predicted molar refractivity (Wildman–Crippen MR) is 35.5 cm³/mol. The molecule has 0 saturated heterocycles. The summed E-state index contributed by atoms with van der Waals surface area (Å²) in [5.41, 5.74) is 0. The summed E-state index contributed by atoms with van der Waals surface area (Å²) in [7, 11) is 0. The first kappa shape index (κ1) is 10.9. The number of nitrogens with two attached hydrogens (primary N) is 1. The zero-order valence-corrected chi connectivity index (χ0v) is 6.75. The average molecular weight is 174 g/mol. The molecule has 5 heteroatoms. The van der Waals surface area contributed by atoms with Gasteiger partial charge in [0, 0.05) is 24.8 Å². The summed E-state index contributed by atoms with van der Waals surface area (Å²) >= 11 is 0. The van der Waals surface area contributed by atoms with Gasteiger partial charge in [0.05, 0.1) is 13.1 Å². The number of rotatable bonds is 7. The average Bonchev–Trinajstić information content (AvgIpc) is 1.95. The molecule has 2 N–H and O–H groups in total. The molecule has 12 heavy (non-hydrogen) atoms. The van der Waals surface area contributed by atoms with E-state index in [0.717, 1.165) is 0 Å². The Hall–Kier alpha value is -1.10. The van der Waals surface area contributed by atoms with E-state index in [0.29, 0.717) is 19.5 Å². The molecule has 0 aliphatic carbocycles. The Labute approximate surface area is 70.4 Å². The Morgan fingerprint density at radius 2 is 1.58 bits per heavy atom. The molecule has 0 rings (SSSR count). The summed E-state index contributed by atoms with van der Waals surface area (Å²) in [4.78, 5) is 19.8. The minimum Gasteiger partial charge on any atom is -0.550 e. The third-order valence-electron chi connectivity index (χ3n) is 1.34. The quantitative estimate of drug-likeness (QED) is 0.400. The van der Waals surface area contributed by atoms with Crippen LogP contribution in [0.2, 0.25) is 0 Å². The first-order valence-corrected chi connectivity index (χ1v) is 3.84. The topological polar surface area (TPSA) is 96.9 Å². The summed E-state index contributed by atoms with van der Waals surface area (Å²) in [6.07, 6.45) is 0.544. The molecule has 0 saturated carbocycles. The van der Waals surface area contributed by atoms with E-state index in [9.17, 15) is 19.8 Å². The molecule has 0 unspecified atom stereocenters. The van der Waals surface area contributed by atoms with Crippen LogP contribution in [0.5, 0.6) is 0 Å². The lowest BCUT2D eigenvalue weighted by Crippen LogP contribution is -2.84. The highest BCUT2D eigenvalue weighted by atomic mass is 16.4. The third kappa shape index (κ3) is 8.90. The standard InChI is InChI=1S/C7H13NO4/c9-6(10)2-1-4-8-5-3-7(11)12/h8H,1-5H2,(H,9,10)(H,11,12)/p-1. The van der Waals surface area contributed by atoms with Crippen molar-refractivity contribution in [2.24, 2.45) is 0 Å². The molecular weight excluding hydrogens is 162 g/mol. The van der Waals surface area contributed by atoms with E-state index in [-0.39, 0.29) is 12.8 Å². The van der Waals surface area contributed by atoms with Crippen LogP contribution in [-0.4, -0.2) is 25.0 Å². The van der Waals surface area contributed by atoms with Crippen LogP contribution >= 0.6 is 0 Å². The van der Waals surface area contributed by atoms with Crippen LogP contribution < -0.4 is 15.5 Å². The second-order valence-corrected chi connectivity index (χ2v) is 2.46. The van der Waals surface area contributed by atoms with Crippen LogP contribution in [0.4, 0.5) is 0 Å². The summed E-state index contributed by atoms with van der Waals surface area (Å²) in [6, 6.07) is 0. The van der Waals surface area contributed by atoms with Gasteiger partial charge in [0.15, 0.2) is 0 Å². The number of carboxylic acids is 2. The molecule has 0 fully saturated rings. The third-order valence-corrected chi connectivity index (χ3v) is 1.34. The van der Waals surface area contributed by atoms with Crippen molar-refractivity contribution in [2.75, 3.05) is 13.1 Å². The Morgan fingerprint density at radius 1 is 1.00 bits per heavy atom. The second kappa shape index (κ2) is 6.60. The fourth-order valence-electron chi connectivity index (χ4n) is 0.755. The number of carbonyl (C=O) groups is 2. The molecular formula is C7H12NO4-. The Bertz CT molecular complexity index is 139. The molecule has 0 aliphatic heterocycles. The number of quaternary nitrogens is 1. The molecule has 0 aromatic heterocycles. The molecule has 0 bridgehead atoms. The predicted octanol–water partition coefficient (Wildman–Crippen LogP) is -3.78. The van der Waals surface area contributed by atoms with E-state index < -0.39 is 11.9 Å². The van der Waals surface area contributed by atoms with Crippen LogP contribution in [0.15, 0.2) is 0 Å². The van der Waals surface area contributed by atoms with E-state index in [1.54, 1.807) is 5.32 Å². The van der Waals surface area contributed by atoms with E-state index in [1.165, 1.54) is 0 Å². The monoisotopic (exact) mass is 174 g/mol. The van der Waals surface area contributed by atoms with Gasteiger partial charge in [-0.05, 0) is 6.42 Å². The van der Waals surface area contributed by atoms with Gasteiger partial charge < -0.3 is 25.1 Å². The largest absolute Gasteiger partial charge is 0.550 e. The van der Waals surface area contributed by atoms with Crippen molar-refractivity contribution in [3.05, 3.63) is 0 Å². The number of carboxylic acid groups (broad SMARTS) is 2. The highest BCUT2D eigenvalue weighted by Crippen LogP contribution is 1.79. The van der Waals surface area contributed by atoms with Gasteiger partial charge in [-0.15, -0.1) is 0 Å². The molecule has 70 valence electrons. The normalized spacial score (nSPS) is 9.67. The first-order chi connectivity index (χ1) is 5.63. The van der Waals surface area contributed by atoms with Gasteiger partial charge in [-0.1, -0.05) is 0 Å². The van der Waals surface area contributed by atoms with Gasteiger partial charge in [-0.3, -0.25) is 0 Å². The van der Waals surface area contributed by atoms with E-state index in [4.69, 9.17) is 0 Å². The summed E-state index contributed by atoms with van der Waals surface area (Å²) in [6.45, 7) is 1.05. The van der Waals surface area contributed by atoms with E-state index in [2.05, 4.69) is 0 Å². The summed E-state index contributed by atoms with van der Waals surface area (Å²) < 4.78 is 0. The smallest absolute Gasteiger partial charge is 0.0808 e. The zero-order chi connectivity index (χ0) is 9.40. The Balaban J connectivity index is 3.01. The van der Waals surface area contributed by atoms with Crippen molar-refractivity contribution in [3.8, 4) is 0 Å². The van der Waals surface area contributed by atoms with Crippen molar-refractivity contribution < 1.29 is 25.1 Å². The molecule has 0 atom stereocenters. The molecule has 0 heterocycles. The second-order valence-electron chi connectivity index (χ2n) is 2.46.